The highest BCUT2D eigenvalue weighted by molar-refractivity contribution is 7.92. The lowest BCUT2D eigenvalue weighted by molar-refractivity contribution is -0.120. The standard InChI is InChI=1S/C22H20ClNO3S/c1-22(17-8-4-2-5-9-17,18-10-6-3-7-11-18)24-21(25)16-28(26,27)20-14-12-19(23)13-15-20/h2-15H,16H2,1H3,(H,24,25). The van der Waals surface area contributed by atoms with Gasteiger partial charge in [-0.2, -0.15) is 0 Å². The lowest BCUT2D eigenvalue weighted by Crippen LogP contribution is -2.46. The summed E-state index contributed by atoms with van der Waals surface area (Å²) in [5, 5.41) is 3.35. The molecule has 0 heterocycles. The lowest BCUT2D eigenvalue weighted by atomic mass is 9.84. The first-order valence-corrected chi connectivity index (χ1v) is 10.7. The van der Waals surface area contributed by atoms with Crippen molar-refractivity contribution in [3.8, 4) is 0 Å². The number of rotatable bonds is 6. The highest BCUT2D eigenvalue weighted by Gasteiger charge is 2.32. The van der Waals surface area contributed by atoms with Crippen LogP contribution >= 0.6 is 11.6 Å². The van der Waals surface area contributed by atoms with E-state index in [9.17, 15) is 13.2 Å². The third-order valence-electron chi connectivity index (χ3n) is 4.59. The molecule has 0 spiro atoms. The number of carbonyl (C=O) groups is 1. The van der Waals surface area contributed by atoms with E-state index in [0.29, 0.717) is 5.02 Å². The molecule has 0 radical (unpaired) electrons. The number of hydrogen-bond donors (Lipinski definition) is 1. The van der Waals surface area contributed by atoms with Gasteiger partial charge in [-0.05, 0) is 42.3 Å². The van der Waals surface area contributed by atoms with Crippen molar-refractivity contribution >= 4 is 27.3 Å². The van der Waals surface area contributed by atoms with E-state index < -0.39 is 27.0 Å². The molecule has 1 amide bonds. The van der Waals surface area contributed by atoms with Gasteiger partial charge in [-0.1, -0.05) is 72.3 Å². The van der Waals surface area contributed by atoms with Crippen molar-refractivity contribution < 1.29 is 13.2 Å². The number of amides is 1. The minimum atomic E-state index is -3.78. The Morgan fingerprint density at radius 2 is 1.32 bits per heavy atom. The molecular weight excluding hydrogens is 394 g/mol. The van der Waals surface area contributed by atoms with Gasteiger partial charge in [0.1, 0.15) is 5.75 Å². The number of carbonyl (C=O) groups excluding carboxylic acids is 1. The highest BCUT2D eigenvalue weighted by Crippen LogP contribution is 2.29. The maximum atomic E-state index is 12.7. The molecule has 3 aromatic carbocycles. The summed E-state index contributed by atoms with van der Waals surface area (Å²) in [5.41, 5.74) is 0.853. The molecule has 0 atom stereocenters. The Bertz CT molecular complexity index is 1010. The zero-order chi connectivity index (χ0) is 20.2. The van der Waals surface area contributed by atoms with Gasteiger partial charge in [0.15, 0.2) is 9.84 Å². The van der Waals surface area contributed by atoms with Crippen molar-refractivity contribution in [2.45, 2.75) is 17.4 Å². The van der Waals surface area contributed by atoms with Gasteiger partial charge < -0.3 is 5.32 Å². The molecule has 3 rings (SSSR count). The number of nitrogens with one attached hydrogen (secondary N) is 1. The molecule has 0 aliphatic heterocycles. The number of benzene rings is 3. The van der Waals surface area contributed by atoms with Gasteiger partial charge in [0.2, 0.25) is 5.91 Å². The Balaban J connectivity index is 1.89. The average molecular weight is 414 g/mol. The normalized spacial score (nSPS) is 11.8. The molecule has 0 aliphatic rings. The molecule has 0 unspecified atom stereocenters. The topological polar surface area (TPSA) is 63.2 Å². The fourth-order valence-corrected chi connectivity index (χ4v) is 4.33. The Morgan fingerprint density at radius 1 is 0.857 bits per heavy atom. The predicted molar refractivity (Wildman–Crippen MR) is 111 cm³/mol. The van der Waals surface area contributed by atoms with Gasteiger partial charge in [-0.25, -0.2) is 8.42 Å². The third-order valence-corrected chi connectivity index (χ3v) is 6.47. The van der Waals surface area contributed by atoms with Crippen LogP contribution in [0.5, 0.6) is 0 Å². The van der Waals surface area contributed by atoms with E-state index >= 15 is 0 Å². The predicted octanol–water partition coefficient (Wildman–Crippen LogP) is 4.19. The first-order valence-electron chi connectivity index (χ1n) is 8.72. The average Bonchev–Trinajstić information content (AvgIpc) is 2.69. The Morgan fingerprint density at radius 3 is 1.79 bits per heavy atom. The summed E-state index contributed by atoms with van der Waals surface area (Å²) in [4.78, 5) is 12.8. The van der Waals surface area contributed by atoms with E-state index in [0.717, 1.165) is 11.1 Å². The van der Waals surface area contributed by atoms with Crippen LogP contribution < -0.4 is 5.32 Å². The molecule has 0 bridgehead atoms. The van der Waals surface area contributed by atoms with Crippen LogP contribution in [0.1, 0.15) is 18.1 Å². The van der Waals surface area contributed by atoms with E-state index in [1.165, 1.54) is 24.3 Å². The van der Waals surface area contributed by atoms with E-state index in [1.54, 1.807) is 0 Å². The van der Waals surface area contributed by atoms with E-state index in [1.807, 2.05) is 67.6 Å². The Labute approximate surface area is 170 Å². The maximum absolute atomic E-state index is 12.7. The van der Waals surface area contributed by atoms with E-state index in [4.69, 9.17) is 11.6 Å². The summed E-state index contributed by atoms with van der Waals surface area (Å²) in [6.45, 7) is 1.87. The van der Waals surface area contributed by atoms with Crippen LogP contribution in [0.15, 0.2) is 89.8 Å². The van der Waals surface area contributed by atoms with Crippen molar-refractivity contribution in [3.05, 3.63) is 101 Å². The van der Waals surface area contributed by atoms with Crippen LogP contribution in [-0.2, 0) is 20.2 Å². The van der Waals surface area contributed by atoms with Crippen LogP contribution in [0.4, 0.5) is 0 Å². The molecule has 0 aliphatic carbocycles. The van der Waals surface area contributed by atoms with Crippen molar-refractivity contribution in [1.29, 1.82) is 0 Å². The largest absolute Gasteiger partial charge is 0.342 e. The maximum Gasteiger partial charge on any atom is 0.236 e. The van der Waals surface area contributed by atoms with Gasteiger partial charge in [0, 0.05) is 5.02 Å². The molecule has 144 valence electrons. The molecule has 3 aromatic rings. The minimum Gasteiger partial charge on any atom is -0.342 e. The molecule has 0 saturated heterocycles. The molecule has 28 heavy (non-hydrogen) atoms. The fraction of sp³-hybridized carbons (Fsp3) is 0.136. The van der Waals surface area contributed by atoms with Gasteiger partial charge >= 0.3 is 0 Å². The molecule has 0 fully saturated rings. The van der Waals surface area contributed by atoms with Crippen LogP contribution in [0, 0.1) is 0 Å². The minimum absolute atomic E-state index is 0.0631. The summed E-state index contributed by atoms with van der Waals surface area (Å²) in [7, 11) is -3.78. The highest BCUT2D eigenvalue weighted by atomic mass is 35.5. The molecular formula is C22H20ClNO3S. The number of halogens is 1. The van der Waals surface area contributed by atoms with Gasteiger partial charge in [-0.3, -0.25) is 4.79 Å². The SMILES string of the molecule is CC(NC(=O)CS(=O)(=O)c1ccc(Cl)cc1)(c1ccccc1)c1ccccc1. The van der Waals surface area contributed by atoms with Gasteiger partial charge in [0.25, 0.3) is 0 Å². The Kier molecular flexibility index (Phi) is 5.87. The number of hydrogen-bond acceptors (Lipinski definition) is 3. The monoisotopic (exact) mass is 413 g/mol. The van der Waals surface area contributed by atoms with Crippen LogP contribution in [0.2, 0.25) is 5.02 Å². The number of sulfone groups is 1. The second-order valence-corrected chi connectivity index (χ2v) is 9.04. The molecule has 4 nitrogen and oxygen atoms in total. The summed E-state index contributed by atoms with van der Waals surface area (Å²) < 4.78 is 25.2. The van der Waals surface area contributed by atoms with Gasteiger partial charge in [-0.15, -0.1) is 0 Å². The van der Waals surface area contributed by atoms with Crippen molar-refractivity contribution in [3.63, 3.8) is 0 Å². The third kappa shape index (κ3) is 4.43. The van der Waals surface area contributed by atoms with Crippen LogP contribution in [-0.4, -0.2) is 20.1 Å². The van der Waals surface area contributed by atoms with Crippen LogP contribution in [0.3, 0.4) is 0 Å². The second kappa shape index (κ2) is 8.17. The molecule has 1 N–H and O–H groups in total. The van der Waals surface area contributed by atoms with Gasteiger partial charge in [0.05, 0.1) is 10.4 Å². The summed E-state index contributed by atoms with van der Waals surface area (Å²) >= 11 is 5.82. The fourth-order valence-electron chi connectivity index (χ4n) is 3.07. The molecule has 6 heteroatoms. The summed E-state index contributed by atoms with van der Waals surface area (Å²) in [5.74, 6) is -1.23. The van der Waals surface area contributed by atoms with Crippen molar-refractivity contribution in [2.75, 3.05) is 5.75 Å². The van der Waals surface area contributed by atoms with Crippen molar-refractivity contribution in [2.24, 2.45) is 0 Å². The molecule has 0 saturated carbocycles. The Hall–Kier alpha value is -2.63. The zero-order valence-electron chi connectivity index (χ0n) is 15.3. The smallest absolute Gasteiger partial charge is 0.236 e. The summed E-state index contributed by atoms with van der Waals surface area (Å²) in [6.07, 6.45) is 0. The molecule has 0 aromatic heterocycles. The lowest BCUT2D eigenvalue weighted by Gasteiger charge is -2.32. The van der Waals surface area contributed by atoms with E-state index in [2.05, 4.69) is 5.32 Å². The summed E-state index contributed by atoms with van der Waals surface area (Å²) in [6, 6.07) is 24.7. The first kappa shape index (κ1) is 20.1. The second-order valence-electron chi connectivity index (χ2n) is 6.62. The first-order chi connectivity index (χ1) is 13.3. The zero-order valence-corrected chi connectivity index (χ0v) is 16.9. The van der Waals surface area contributed by atoms with Crippen molar-refractivity contribution in [1.82, 2.24) is 5.32 Å². The van der Waals surface area contributed by atoms with Crippen LogP contribution in [0.25, 0.3) is 0 Å². The van der Waals surface area contributed by atoms with E-state index in [-0.39, 0.29) is 4.90 Å². The quantitative estimate of drug-likeness (QED) is 0.658.